The Labute approximate surface area is 97.1 Å². The van der Waals surface area contributed by atoms with Crippen LogP contribution in [0.15, 0.2) is 18.3 Å². The van der Waals surface area contributed by atoms with Gasteiger partial charge in [-0.2, -0.15) is 0 Å². The van der Waals surface area contributed by atoms with E-state index in [1.807, 2.05) is 0 Å². The van der Waals surface area contributed by atoms with Crippen molar-refractivity contribution in [1.29, 1.82) is 0 Å². The maximum absolute atomic E-state index is 11.1. The highest BCUT2D eigenvalue weighted by atomic mass is 16.4. The molecule has 6 heteroatoms. The lowest BCUT2D eigenvalue weighted by Crippen LogP contribution is -2.40. The van der Waals surface area contributed by atoms with Crippen molar-refractivity contribution < 1.29 is 9.90 Å². The number of anilines is 1. The summed E-state index contributed by atoms with van der Waals surface area (Å²) < 4.78 is 1.78. The van der Waals surface area contributed by atoms with E-state index < -0.39 is 5.97 Å². The van der Waals surface area contributed by atoms with Crippen LogP contribution in [-0.2, 0) is 0 Å². The fourth-order valence-electron chi connectivity index (χ4n) is 2.04. The van der Waals surface area contributed by atoms with Crippen LogP contribution in [0.5, 0.6) is 0 Å². The maximum atomic E-state index is 11.1. The Kier molecular flexibility index (Phi) is 2.05. The summed E-state index contributed by atoms with van der Waals surface area (Å²) in [7, 11) is 0. The number of rotatable bonds is 2. The van der Waals surface area contributed by atoms with Gasteiger partial charge in [0, 0.05) is 30.9 Å². The van der Waals surface area contributed by atoms with Crippen molar-refractivity contribution in [2.45, 2.75) is 5.92 Å². The molecule has 2 aromatic heterocycles. The number of hydrogen-bond acceptors (Lipinski definition) is 4. The van der Waals surface area contributed by atoms with Gasteiger partial charge in [0.15, 0.2) is 5.69 Å². The van der Waals surface area contributed by atoms with Crippen LogP contribution in [0.4, 0.5) is 5.69 Å². The molecular formula is C11H12N4O2. The minimum absolute atomic E-state index is 0.0897. The van der Waals surface area contributed by atoms with E-state index in [1.54, 1.807) is 22.7 Å². The van der Waals surface area contributed by atoms with E-state index in [4.69, 9.17) is 10.8 Å². The molecule has 88 valence electrons. The molecule has 0 bridgehead atoms. The van der Waals surface area contributed by atoms with Gasteiger partial charge in [-0.15, -0.1) is 0 Å². The zero-order valence-electron chi connectivity index (χ0n) is 9.05. The van der Waals surface area contributed by atoms with Gasteiger partial charge in [-0.05, 0) is 12.1 Å². The van der Waals surface area contributed by atoms with Crippen LogP contribution in [0.25, 0.3) is 5.52 Å². The highest BCUT2D eigenvalue weighted by molar-refractivity contribution is 5.94. The molecule has 0 saturated carbocycles. The number of nitrogens with one attached hydrogen (secondary N) is 1. The van der Waals surface area contributed by atoms with Gasteiger partial charge in [0.05, 0.1) is 5.52 Å². The Bertz CT molecular complexity index is 601. The summed E-state index contributed by atoms with van der Waals surface area (Å²) in [6.45, 7) is 1.65. The van der Waals surface area contributed by atoms with Gasteiger partial charge in [0.25, 0.3) is 0 Å². The van der Waals surface area contributed by atoms with Gasteiger partial charge in [-0.1, -0.05) is 0 Å². The standard InChI is InChI=1S/C11H12N4O2/c12-7-1-2-8-9(11(16)17)14-10(15(8)5-7)6-3-13-4-6/h1-2,5-6,13H,3-4,12H2,(H,16,17). The van der Waals surface area contributed by atoms with E-state index in [1.165, 1.54) is 0 Å². The van der Waals surface area contributed by atoms with Crippen LogP contribution in [0.2, 0.25) is 0 Å². The number of pyridine rings is 1. The van der Waals surface area contributed by atoms with Crippen molar-refractivity contribution in [3.05, 3.63) is 29.8 Å². The summed E-state index contributed by atoms with van der Waals surface area (Å²) in [6.07, 6.45) is 1.72. The molecule has 0 radical (unpaired) electrons. The number of nitrogen functional groups attached to an aromatic ring is 1. The van der Waals surface area contributed by atoms with Crippen molar-refractivity contribution in [2.75, 3.05) is 18.8 Å². The number of carboxylic acids is 1. The van der Waals surface area contributed by atoms with Gasteiger partial charge in [0.2, 0.25) is 0 Å². The highest BCUT2D eigenvalue weighted by Gasteiger charge is 2.26. The van der Waals surface area contributed by atoms with E-state index in [2.05, 4.69) is 10.3 Å². The molecule has 0 atom stereocenters. The molecule has 2 aromatic rings. The maximum Gasteiger partial charge on any atom is 0.356 e. The van der Waals surface area contributed by atoms with Crippen LogP contribution >= 0.6 is 0 Å². The molecule has 1 saturated heterocycles. The Morgan fingerprint density at radius 2 is 2.29 bits per heavy atom. The number of carbonyl (C=O) groups is 1. The fourth-order valence-corrected chi connectivity index (χ4v) is 2.04. The van der Waals surface area contributed by atoms with E-state index in [0.717, 1.165) is 18.9 Å². The Morgan fingerprint density at radius 1 is 1.53 bits per heavy atom. The topological polar surface area (TPSA) is 92.7 Å². The van der Waals surface area contributed by atoms with Gasteiger partial charge in [-0.25, -0.2) is 9.78 Å². The van der Waals surface area contributed by atoms with E-state index in [9.17, 15) is 4.79 Å². The first-order valence-corrected chi connectivity index (χ1v) is 5.38. The first kappa shape index (κ1) is 10.1. The van der Waals surface area contributed by atoms with Crippen molar-refractivity contribution in [2.24, 2.45) is 0 Å². The summed E-state index contributed by atoms with van der Waals surface area (Å²) in [5.74, 6) is 0.0201. The largest absolute Gasteiger partial charge is 0.476 e. The van der Waals surface area contributed by atoms with Crippen LogP contribution in [0.1, 0.15) is 22.2 Å². The molecule has 0 unspecified atom stereocenters. The lowest BCUT2D eigenvalue weighted by molar-refractivity contribution is 0.0693. The van der Waals surface area contributed by atoms with E-state index in [0.29, 0.717) is 11.2 Å². The van der Waals surface area contributed by atoms with Crippen molar-refractivity contribution in [3.8, 4) is 0 Å². The molecule has 3 rings (SSSR count). The number of nitrogens with two attached hydrogens (primary N) is 1. The highest BCUT2D eigenvalue weighted by Crippen LogP contribution is 2.24. The van der Waals surface area contributed by atoms with Gasteiger partial charge in [-0.3, -0.25) is 0 Å². The van der Waals surface area contributed by atoms with Crippen molar-refractivity contribution in [1.82, 2.24) is 14.7 Å². The van der Waals surface area contributed by atoms with Gasteiger partial charge >= 0.3 is 5.97 Å². The van der Waals surface area contributed by atoms with Crippen LogP contribution in [0.3, 0.4) is 0 Å². The fraction of sp³-hybridized carbons (Fsp3) is 0.273. The minimum atomic E-state index is -1.01. The van der Waals surface area contributed by atoms with Crippen LogP contribution in [-0.4, -0.2) is 33.6 Å². The molecule has 6 nitrogen and oxygen atoms in total. The predicted octanol–water partition coefficient (Wildman–Crippen LogP) is 0.301. The molecule has 3 heterocycles. The summed E-state index contributed by atoms with van der Waals surface area (Å²) in [6, 6.07) is 3.38. The van der Waals surface area contributed by atoms with Crippen LogP contribution in [0, 0.1) is 0 Å². The third-order valence-corrected chi connectivity index (χ3v) is 3.04. The second kappa shape index (κ2) is 3.46. The second-order valence-corrected chi connectivity index (χ2v) is 4.20. The van der Waals surface area contributed by atoms with E-state index in [-0.39, 0.29) is 11.6 Å². The lowest BCUT2D eigenvalue weighted by Gasteiger charge is -2.25. The van der Waals surface area contributed by atoms with Gasteiger partial charge in [0.1, 0.15) is 5.82 Å². The Balaban J connectivity index is 2.26. The average molecular weight is 232 g/mol. The molecule has 4 N–H and O–H groups in total. The minimum Gasteiger partial charge on any atom is -0.476 e. The quantitative estimate of drug-likeness (QED) is 0.692. The zero-order valence-corrected chi connectivity index (χ0v) is 9.05. The van der Waals surface area contributed by atoms with Crippen molar-refractivity contribution >= 4 is 17.2 Å². The monoisotopic (exact) mass is 232 g/mol. The predicted molar refractivity (Wildman–Crippen MR) is 62.2 cm³/mol. The van der Waals surface area contributed by atoms with Gasteiger partial charge < -0.3 is 20.6 Å². The number of imidazole rings is 1. The Hall–Kier alpha value is -2.08. The third-order valence-electron chi connectivity index (χ3n) is 3.04. The third kappa shape index (κ3) is 1.45. The average Bonchev–Trinajstić information content (AvgIpc) is 2.55. The van der Waals surface area contributed by atoms with Crippen molar-refractivity contribution in [3.63, 3.8) is 0 Å². The Morgan fingerprint density at radius 3 is 2.88 bits per heavy atom. The normalized spacial score (nSPS) is 16.0. The SMILES string of the molecule is Nc1ccc2c(C(=O)O)nc(C3CNC3)n2c1. The molecule has 0 aliphatic carbocycles. The smallest absolute Gasteiger partial charge is 0.356 e. The second-order valence-electron chi connectivity index (χ2n) is 4.20. The molecule has 0 amide bonds. The number of fused-ring (bicyclic) bond motifs is 1. The molecule has 1 fully saturated rings. The molecule has 1 aliphatic rings. The summed E-state index contributed by atoms with van der Waals surface area (Å²) in [4.78, 5) is 15.3. The number of aromatic nitrogens is 2. The molecule has 0 spiro atoms. The number of nitrogens with zero attached hydrogens (tertiary/aromatic N) is 2. The number of carboxylic acid groups (broad SMARTS) is 1. The lowest BCUT2D eigenvalue weighted by atomic mass is 10.0. The summed E-state index contributed by atoms with van der Waals surface area (Å²) >= 11 is 0. The summed E-state index contributed by atoms with van der Waals surface area (Å²) in [5.41, 5.74) is 7.00. The molecule has 1 aliphatic heterocycles. The summed E-state index contributed by atoms with van der Waals surface area (Å²) in [5, 5.41) is 12.3. The zero-order chi connectivity index (χ0) is 12.0. The molecule has 17 heavy (non-hydrogen) atoms. The number of aromatic carboxylic acids is 1. The molecular weight excluding hydrogens is 220 g/mol. The van der Waals surface area contributed by atoms with E-state index >= 15 is 0 Å². The van der Waals surface area contributed by atoms with Crippen LogP contribution < -0.4 is 11.1 Å². The first-order valence-electron chi connectivity index (χ1n) is 5.38. The number of hydrogen-bond donors (Lipinski definition) is 3. The molecule has 0 aromatic carbocycles. The first-order chi connectivity index (χ1) is 8.16.